The van der Waals surface area contributed by atoms with Crippen molar-refractivity contribution in [3.63, 3.8) is 0 Å². The lowest BCUT2D eigenvalue weighted by Crippen LogP contribution is -2.59. The van der Waals surface area contributed by atoms with E-state index in [2.05, 4.69) is 19.2 Å². The number of rotatable bonds is 7. The molecule has 2 N–H and O–H groups in total. The first-order chi connectivity index (χ1) is 11.4. The molecule has 2 aliphatic rings. The SMILES string of the molecule is CC1(C)C2CCCC1C2CNCC(O)CCc1cc(F)cc(F)c1. The zero-order valence-electron chi connectivity index (χ0n) is 14.7. The molecule has 0 radical (unpaired) electrons. The molecule has 2 fully saturated rings. The van der Waals surface area contributed by atoms with Crippen LogP contribution in [0.4, 0.5) is 8.78 Å². The molecule has 4 heteroatoms. The molecule has 0 amide bonds. The molecular formula is C20H29F2NO. The molecule has 2 aliphatic carbocycles. The second kappa shape index (κ2) is 7.09. The van der Waals surface area contributed by atoms with Gasteiger partial charge in [-0.2, -0.15) is 0 Å². The molecule has 0 heterocycles. The maximum absolute atomic E-state index is 13.1. The number of aryl methyl sites for hydroxylation is 1. The van der Waals surface area contributed by atoms with Crippen LogP contribution in [0, 0.1) is 34.8 Å². The van der Waals surface area contributed by atoms with Gasteiger partial charge in [0.2, 0.25) is 0 Å². The molecule has 2 nitrogen and oxygen atoms in total. The van der Waals surface area contributed by atoms with Gasteiger partial charge in [-0.05, 0) is 73.1 Å². The molecule has 0 aromatic heterocycles. The zero-order valence-corrected chi connectivity index (χ0v) is 14.7. The fraction of sp³-hybridized carbons (Fsp3) is 0.700. The number of fused-ring (bicyclic) bond motifs is 2. The van der Waals surface area contributed by atoms with Gasteiger partial charge in [0, 0.05) is 12.6 Å². The van der Waals surface area contributed by atoms with Gasteiger partial charge in [0.25, 0.3) is 0 Å². The molecule has 1 aromatic carbocycles. The summed E-state index contributed by atoms with van der Waals surface area (Å²) < 4.78 is 26.3. The lowest BCUT2D eigenvalue weighted by molar-refractivity contribution is -0.134. The van der Waals surface area contributed by atoms with Crippen LogP contribution in [-0.4, -0.2) is 24.3 Å². The third-order valence-electron chi connectivity index (χ3n) is 6.42. The van der Waals surface area contributed by atoms with Gasteiger partial charge in [0.1, 0.15) is 11.6 Å². The van der Waals surface area contributed by atoms with E-state index in [-0.39, 0.29) is 0 Å². The summed E-state index contributed by atoms with van der Waals surface area (Å²) in [6.45, 7) is 6.31. The Morgan fingerprint density at radius 3 is 2.38 bits per heavy atom. The second-order valence-electron chi connectivity index (χ2n) is 8.26. The molecular weight excluding hydrogens is 308 g/mol. The molecule has 3 unspecified atom stereocenters. The maximum atomic E-state index is 13.1. The molecule has 3 rings (SSSR count). The average molecular weight is 337 g/mol. The fourth-order valence-electron chi connectivity index (χ4n) is 5.16. The fourth-order valence-corrected chi connectivity index (χ4v) is 5.16. The Balaban J connectivity index is 1.38. The van der Waals surface area contributed by atoms with Gasteiger partial charge < -0.3 is 10.4 Å². The highest BCUT2D eigenvalue weighted by Gasteiger charge is 2.56. The van der Waals surface area contributed by atoms with E-state index >= 15 is 0 Å². The van der Waals surface area contributed by atoms with Gasteiger partial charge in [0.15, 0.2) is 0 Å². The van der Waals surface area contributed by atoms with Crippen LogP contribution < -0.4 is 5.32 Å². The number of nitrogens with one attached hydrogen (secondary N) is 1. The molecule has 0 saturated heterocycles. The number of aliphatic hydroxyl groups is 1. The molecule has 2 saturated carbocycles. The highest BCUT2D eigenvalue weighted by atomic mass is 19.1. The van der Waals surface area contributed by atoms with E-state index in [0.29, 0.717) is 30.4 Å². The van der Waals surface area contributed by atoms with E-state index in [1.165, 1.54) is 31.4 Å². The molecule has 2 bridgehead atoms. The predicted molar refractivity (Wildman–Crippen MR) is 91.7 cm³/mol. The summed E-state index contributed by atoms with van der Waals surface area (Å²) in [5.41, 5.74) is 1.09. The summed E-state index contributed by atoms with van der Waals surface area (Å²) in [5.74, 6) is 1.26. The van der Waals surface area contributed by atoms with Crippen LogP contribution >= 0.6 is 0 Å². The van der Waals surface area contributed by atoms with Gasteiger partial charge in [-0.25, -0.2) is 8.78 Å². The van der Waals surface area contributed by atoms with Gasteiger partial charge in [-0.1, -0.05) is 20.3 Å². The van der Waals surface area contributed by atoms with E-state index < -0.39 is 17.7 Å². The molecule has 3 atom stereocenters. The van der Waals surface area contributed by atoms with Crippen LogP contribution in [0.15, 0.2) is 18.2 Å². The smallest absolute Gasteiger partial charge is 0.126 e. The standard InChI is InChI=1S/C20H29F2NO/c1-20(2)18-4-3-5-19(20)17(18)12-23-11-16(24)7-6-13-8-14(21)10-15(22)9-13/h8-10,16-19,23-24H,3-7,11-12H2,1-2H3. The zero-order chi connectivity index (χ0) is 17.3. The monoisotopic (exact) mass is 337 g/mol. The minimum absolute atomic E-state index is 0.482. The number of benzene rings is 1. The number of aliphatic hydroxyl groups excluding tert-OH is 1. The Morgan fingerprint density at radius 1 is 1.17 bits per heavy atom. The van der Waals surface area contributed by atoms with Crippen LogP contribution in [0.1, 0.15) is 45.1 Å². The van der Waals surface area contributed by atoms with Crippen molar-refractivity contribution in [3.8, 4) is 0 Å². The van der Waals surface area contributed by atoms with E-state index in [4.69, 9.17) is 0 Å². The molecule has 134 valence electrons. The quantitative estimate of drug-likeness (QED) is 0.790. The number of halogens is 2. The lowest BCUT2D eigenvalue weighted by atomic mass is 9.43. The van der Waals surface area contributed by atoms with Crippen LogP contribution in [0.3, 0.4) is 0 Å². The number of hydrogen-bond acceptors (Lipinski definition) is 2. The predicted octanol–water partition coefficient (Wildman–Crippen LogP) is 3.92. The molecule has 0 spiro atoms. The Morgan fingerprint density at radius 2 is 1.79 bits per heavy atom. The van der Waals surface area contributed by atoms with E-state index in [9.17, 15) is 13.9 Å². The molecule has 1 aromatic rings. The summed E-state index contributed by atoms with van der Waals surface area (Å²) in [4.78, 5) is 0. The van der Waals surface area contributed by atoms with Crippen molar-refractivity contribution < 1.29 is 13.9 Å². The Kier molecular flexibility index (Phi) is 5.26. The summed E-state index contributed by atoms with van der Waals surface area (Å²) in [5, 5.41) is 13.5. The maximum Gasteiger partial charge on any atom is 0.126 e. The minimum atomic E-state index is -0.559. The Hall–Kier alpha value is -1.00. The number of hydrogen-bond donors (Lipinski definition) is 2. The van der Waals surface area contributed by atoms with Crippen molar-refractivity contribution in [2.75, 3.05) is 13.1 Å². The van der Waals surface area contributed by atoms with Gasteiger partial charge in [0.05, 0.1) is 6.10 Å². The van der Waals surface area contributed by atoms with E-state index in [1.807, 2.05) is 0 Å². The normalized spacial score (nSPS) is 29.1. The second-order valence-corrected chi connectivity index (χ2v) is 8.26. The third-order valence-corrected chi connectivity index (χ3v) is 6.42. The summed E-state index contributed by atoms with van der Waals surface area (Å²) in [6.07, 6.45) is 4.55. The van der Waals surface area contributed by atoms with Crippen LogP contribution in [0.5, 0.6) is 0 Å². The van der Waals surface area contributed by atoms with Crippen LogP contribution in [0.2, 0.25) is 0 Å². The van der Waals surface area contributed by atoms with Crippen molar-refractivity contribution in [2.45, 2.75) is 52.1 Å². The van der Waals surface area contributed by atoms with Crippen molar-refractivity contribution in [1.82, 2.24) is 5.32 Å². The topological polar surface area (TPSA) is 32.3 Å². The van der Waals surface area contributed by atoms with Crippen molar-refractivity contribution in [1.29, 1.82) is 0 Å². The first kappa shape index (κ1) is 17.8. The van der Waals surface area contributed by atoms with E-state index in [0.717, 1.165) is 30.4 Å². The summed E-state index contributed by atoms with van der Waals surface area (Å²) >= 11 is 0. The summed E-state index contributed by atoms with van der Waals surface area (Å²) in [7, 11) is 0. The van der Waals surface area contributed by atoms with E-state index in [1.54, 1.807) is 0 Å². The third kappa shape index (κ3) is 3.65. The highest BCUT2D eigenvalue weighted by molar-refractivity contribution is 5.18. The Labute approximate surface area is 143 Å². The first-order valence-corrected chi connectivity index (χ1v) is 9.21. The van der Waals surface area contributed by atoms with Crippen LogP contribution in [0.25, 0.3) is 0 Å². The average Bonchev–Trinajstić information content (AvgIpc) is 2.52. The minimum Gasteiger partial charge on any atom is -0.392 e. The first-order valence-electron chi connectivity index (χ1n) is 9.21. The Bertz CT molecular complexity index is 541. The van der Waals surface area contributed by atoms with Gasteiger partial charge in [-0.15, -0.1) is 0 Å². The highest BCUT2D eigenvalue weighted by Crippen LogP contribution is 2.62. The van der Waals surface area contributed by atoms with Gasteiger partial charge in [-0.3, -0.25) is 0 Å². The van der Waals surface area contributed by atoms with Crippen molar-refractivity contribution in [3.05, 3.63) is 35.4 Å². The van der Waals surface area contributed by atoms with Crippen molar-refractivity contribution >= 4 is 0 Å². The van der Waals surface area contributed by atoms with Gasteiger partial charge >= 0.3 is 0 Å². The summed E-state index contributed by atoms with van der Waals surface area (Å²) in [6, 6.07) is 3.54. The largest absolute Gasteiger partial charge is 0.392 e. The molecule has 0 aliphatic heterocycles. The molecule has 24 heavy (non-hydrogen) atoms. The van der Waals surface area contributed by atoms with Crippen LogP contribution in [-0.2, 0) is 6.42 Å². The lowest BCUT2D eigenvalue weighted by Gasteiger charge is -2.63. The van der Waals surface area contributed by atoms with Crippen molar-refractivity contribution in [2.24, 2.45) is 23.2 Å².